The zero-order chi connectivity index (χ0) is 28.4. The monoisotopic (exact) mass is 566 g/mol. The van der Waals surface area contributed by atoms with Gasteiger partial charge in [-0.05, 0) is 55.6 Å². The molecule has 2 aliphatic heterocycles. The number of aliphatic hydroxyl groups excluding tert-OH is 1. The average Bonchev–Trinajstić information content (AvgIpc) is 2.87. The number of rotatable bonds is 2. The van der Waals surface area contributed by atoms with Crippen LogP contribution in [0.1, 0.15) is 38.2 Å². The van der Waals surface area contributed by atoms with Gasteiger partial charge in [-0.1, -0.05) is 19.9 Å². The van der Waals surface area contributed by atoms with Crippen molar-refractivity contribution in [2.24, 2.45) is 5.41 Å². The molecule has 9 nitrogen and oxygen atoms in total. The molecule has 2 aromatic rings. The first-order chi connectivity index (χ1) is 18.4. The minimum absolute atomic E-state index is 0.0151. The summed E-state index contributed by atoms with van der Waals surface area (Å²) >= 11 is 0. The molecule has 1 unspecified atom stereocenters. The first-order valence-electron chi connectivity index (χ1n) is 13.0. The third-order valence-electron chi connectivity index (χ3n) is 7.38. The Labute approximate surface area is 228 Å². The maximum Gasteiger partial charge on any atom is 0.321 e. The number of piperidine rings is 1. The normalized spacial score (nSPS) is 21.9. The molecule has 0 saturated carbocycles. The Kier molecular flexibility index (Phi) is 8.79. The van der Waals surface area contributed by atoms with E-state index in [1.165, 1.54) is 12.1 Å². The lowest BCUT2D eigenvalue weighted by Crippen LogP contribution is -2.52. The second-order valence-electron chi connectivity index (χ2n) is 10.9. The molecule has 0 aromatic heterocycles. The van der Waals surface area contributed by atoms with E-state index in [4.69, 9.17) is 4.74 Å². The van der Waals surface area contributed by atoms with Crippen LogP contribution >= 0.6 is 0 Å². The van der Waals surface area contributed by atoms with Gasteiger partial charge in [-0.2, -0.15) is 0 Å². The number of ether oxygens (including phenoxy) is 1. The quantitative estimate of drug-likeness (QED) is 0.514. The SMILES string of the molecule is CC(C)c1ccc2c(c1)OCC1(CCN(C(=O)Nc3ccc(F)cc3F)CC1)CN(C)CC(O)CNS2(=O)=O. The van der Waals surface area contributed by atoms with E-state index >= 15 is 0 Å². The van der Waals surface area contributed by atoms with Gasteiger partial charge in [0.25, 0.3) is 0 Å². The molecule has 3 N–H and O–H groups in total. The number of benzene rings is 2. The fraction of sp³-hybridized carbons (Fsp3) is 0.519. The molecular weight excluding hydrogens is 530 g/mol. The lowest BCUT2D eigenvalue weighted by atomic mass is 9.78. The molecular formula is C27H36F2N4O5S. The number of carbonyl (C=O) groups is 1. The molecule has 0 aliphatic carbocycles. The van der Waals surface area contributed by atoms with Crippen molar-refractivity contribution in [3.8, 4) is 5.75 Å². The van der Waals surface area contributed by atoms with Crippen LogP contribution in [0.5, 0.6) is 5.75 Å². The van der Waals surface area contributed by atoms with E-state index < -0.39 is 39.2 Å². The van der Waals surface area contributed by atoms with Gasteiger partial charge in [-0.15, -0.1) is 0 Å². The second kappa shape index (κ2) is 11.7. The number of nitrogens with one attached hydrogen (secondary N) is 2. The molecule has 0 radical (unpaired) electrons. The molecule has 1 spiro atoms. The number of carbonyl (C=O) groups excluding carboxylic acids is 1. The Hall–Kier alpha value is -2.80. The van der Waals surface area contributed by atoms with Gasteiger partial charge in [0.05, 0.1) is 18.4 Å². The van der Waals surface area contributed by atoms with E-state index in [0.717, 1.165) is 11.6 Å². The average molecular weight is 567 g/mol. The van der Waals surface area contributed by atoms with Gasteiger partial charge in [0.2, 0.25) is 10.0 Å². The zero-order valence-corrected chi connectivity index (χ0v) is 23.2. The number of likely N-dealkylation sites (tertiary alicyclic amines) is 1. The summed E-state index contributed by atoms with van der Waals surface area (Å²) in [5.74, 6) is -1.18. The number of halogens is 2. The van der Waals surface area contributed by atoms with Crippen LogP contribution in [0.25, 0.3) is 0 Å². The summed E-state index contributed by atoms with van der Waals surface area (Å²) in [6.45, 7) is 5.60. The molecule has 0 bridgehead atoms. The van der Waals surface area contributed by atoms with Gasteiger partial charge in [0, 0.05) is 44.2 Å². The highest BCUT2D eigenvalue weighted by molar-refractivity contribution is 7.89. The summed E-state index contributed by atoms with van der Waals surface area (Å²) in [4.78, 5) is 16.4. The Morgan fingerprint density at radius 1 is 1.18 bits per heavy atom. The number of hydrogen-bond acceptors (Lipinski definition) is 6. The summed E-state index contributed by atoms with van der Waals surface area (Å²) in [7, 11) is -2.08. The molecule has 4 rings (SSSR count). The number of sulfonamides is 1. The van der Waals surface area contributed by atoms with Crippen LogP contribution in [-0.2, 0) is 10.0 Å². The minimum Gasteiger partial charge on any atom is -0.492 e. The van der Waals surface area contributed by atoms with Crippen LogP contribution < -0.4 is 14.8 Å². The van der Waals surface area contributed by atoms with E-state index in [0.29, 0.717) is 38.5 Å². The van der Waals surface area contributed by atoms with E-state index in [1.54, 1.807) is 17.0 Å². The third kappa shape index (κ3) is 7.05. The van der Waals surface area contributed by atoms with Gasteiger partial charge in [-0.3, -0.25) is 0 Å². The van der Waals surface area contributed by atoms with Crippen LogP contribution in [0, 0.1) is 17.0 Å². The second-order valence-corrected chi connectivity index (χ2v) is 12.6. The maximum absolute atomic E-state index is 14.0. The van der Waals surface area contributed by atoms with Gasteiger partial charge < -0.3 is 25.0 Å². The number of hydrogen-bond donors (Lipinski definition) is 3. The van der Waals surface area contributed by atoms with Crippen molar-refractivity contribution in [2.75, 3.05) is 51.7 Å². The standard InChI is InChI=1S/C27H36F2N4O5S/c1-18(2)19-4-7-25-24(12-19)38-17-27(16-32(3)15-21(34)14-30-39(25,36)37)8-10-33(11-9-27)26(35)31-23-6-5-20(28)13-22(23)29/h4-7,12-13,18,21,30,34H,8-11,14-17H2,1-3H3,(H,31,35). The maximum atomic E-state index is 14.0. The summed E-state index contributed by atoms with van der Waals surface area (Å²) in [5.41, 5.74) is 0.396. The lowest BCUT2D eigenvalue weighted by Gasteiger charge is -2.44. The summed E-state index contributed by atoms with van der Waals surface area (Å²) < 4.78 is 62.2. The molecule has 39 heavy (non-hydrogen) atoms. The molecule has 12 heteroatoms. The van der Waals surface area contributed by atoms with Crippen molar-refractivity contribution in [3.63, 3.8) is 0 Å². The smallest absolute Gasteiger partial charge is 0.321 e. The first kappa shape index (κ1) is 29.2. The predicted molar refractivity (Wildman–Crippen MR) is 143 cm³/mol. The van der Waals surface area contributed by atoms with Crippen LogP contribution in [0.3, 0.4) is 0 Å². The van der Waals surface area contributed by atoms with Crippen molar-refractivity contribution in [3.05, 3.63) is 53.6 Å². The number of anilines is 1. The van der Waals surface area contributed by atoms with E-state index in [-0.39, 0.29) is 41.9 Å². The Bertz CT molecular complexity index is 1300. The molecule has 1 atom stereocenters. The lowest BCUT2D eigenvalue weighted by molar-refractivity contribution is 0.0255. The van der Waals surface area contributed by atoms with Crippen LogP contribution in [0.2, 0.25) is 0 Å². The Balaban J connectivity index is 1.55. The topological polar surface area (TPSA) is 111 Å². The van der Waals surface area contributed by atoms with E-state index in [1.807, 2.05) is 25.8 Å². The van der Waals surface area contributed by atoms with Gasteiger partial charge in [-0.25, -0.2) is 26.7 Å². The predicted octanol–water partition coefficient (Wildman–Crippen LogP) is 3.37. The summed E-state index contributed by atoms with van der Waals surface area (Å²) in [6, 6.07) is 7.53. The summed E-state index contributed by atoms with van der Waals surface area (Å²) in [6.07, 6.45) is 0.158. The molecule has 2 aliphatic rings. The van der Waals surface area contributed by atoms with Gasteiger partial charge in [0.15, 0.2) is 0 Å². The van der Waals surface area contributed by atoms with Crippen molar-refractivity contribution in [1.82, 2.24) is 14.5 Å². The van der Waals surface area contributed by atoms with Crippen LogP contribution in [0.4, 0.5) is 19.3 Å². The van der Waals surface area contributed by atoms with Crippen LogP contribution in [-0.4, -0.2) is 81.8 Å². The number of aliphatic hydroxyl groups is 1. The van der Waals surface area contributed by atoms with Gasteiger partial charge >= 0.3 is 6.03 Å². The minimum atomic E-state index is -3.93. The summed E-state index contributed by atoms with van der Waals surface area (Å²) in [5, 5.41) is 13.0. The first-order valence-corrected chi connectivity index (χ1v) is 14.5. The molecule has 2 amide bonds. The molecule has 1 fully saturated rings. The van der Waals surface area contributed by atoms with Crippen molar-refractivity contribution >= 4 is 21.7 Å². The van der Waals surface area contributed by atoms with Crippen molar-refractivity contribution in [1.29, 1.82) is 0 Å². The number of amides is 2. The fourth-order valence-corrected chi connectivity index (χ4v) is 6.31. The zero-order valence-electron chi connectivity index (χ0n) is 22.4. The Morgan fingerprint density at radius 3 is 2.56 bits per heavy atom. The van der Waals surface area contributed by atoms with E-state index in [9.17, 15) is 27.1 Å². The highest BCUT2D eigenvalue weighted by Gasteiger charge is 2.39. The molecule has 214 valence electrons. The van der Waals surface area contributed by atoms with Crippen molar-refractivity contribution in [2.45, 2.75) is 43.6 Å². The number of β-amino-alcohol motifs (C(OH)–C–C–N with tert-alkyl or cyclic N) is 1. The molecule has 1 saturated heterocycles. The Morgan fingerprint density at radius 2 is 1.90 bits per heavy atom. The number of urea groups is 1. The largest absolute Gasteiger partial charge is 0.492 e. The number of nitrogens with zero attached hydrogens (tertiary/aromatic N) is 2. The highest BCUT2D eigenvalue weighted by Crippen LogP contribution is 2.36. The van der Waals surface area contributed by atoms with Crippen molar-refractivity contribution < 1.29 is 31.8 Å². The van der Waals surface area contributed by atoms with E-state index in [2.05, 4.69) is 10.0 Å². The highest BCUT2D eigenvalue weighted by atomic mass is 32.2. The number of fused-ring (bicyclic) bond motifs is 1. The number of likely N-dealkylation sites (N-methyl/N-ethyl adjacent to an activating group) is 1. The van der Waals surface area contributed by atoms with Crippen LogP contribution in [0.15, 0.2) is 41.3 Å². The molecule has 2 heterocycles. The van der Waals surface area contributed by atoms with Gasteiger partial charge in [0.1, 0.15) is 22.3 Å². The molecule has 2 aromatic carbocycles. The third-order valence-corrected chi connectivity index (χ3v) is 8.84. The fourth-order valence-electron chi connectivity index (χ4n) is 5.11.